The molecule has 1 aliphatic rings. The van der Waals surface area contributed by atoms with E-state index in [4.69, 9.17) is 4.74 Å². The first-order valence-electron chi connectivity index (χ1n) is 9.83. The maximum absolute atomic E-state index is 14.2. The maximum atomic E-state index is 14.2. The number of halogens is 1. The van der Waals surface area contributed by atoms with Gasteiger partial charge in [0.25, 0.3) is 0 Å². The largest absolute Gasteiger partial charge is 0.489 e. The van der Waals surface area contributed by atoms with Crippen LogP contribution < -0.4 is 15.0 Å². The Kier molecular flexibility index (Phi) is 5.75. The van der Waals surface area contributed by atoms with E-state index < -0.39 is 0 Å². The summed E-state index contributed by atoms with van der Waals surface area (Å²) < 4.78 is 20.0. The summed E-state index contributed by atoms with van der Waals surface area (Å²) in [6, 6.07) is 21.9. The van der Waals surface area contributed by atoms with Gasteiger partial charge in [-0.3, -0.25) is 4.90 Å². The topological polar surface area (TPSA) is 41.6 Å². The summed E-state index contributed by atoms with van der Waals surface area (Å²) in [4.78, 5) is 14.5. The van der Waals surface area contributed by atoms with Gasteiger partial charge in [0, 0.05) is 17.8 Å². The SMILES string of the molecule is O=C(Nc1ccc(OCc2ccccc2)cc1)N1CCCCc2c(F)cccc21. The van der Waals surface area contributed by atoms with Crippen LogP contribution >= 0.6 is 0 Å². The number of fused-ring (bicyclic) bond motifs is 1. The highest BCUT2D eigenvalue weighted by molar-refractivity contribution is 6.02. The van der Waals surface area contributed by atoms with E-state index in [0.717, 1.165) is 24.2 Å². The number of amides is 2. The molecule has 5 heteroatoms. The number of carbonyl (C=O) groups is 1. The number of carbonyl (C=O) groups excluding carboxylic acids is 1. The van der Waals surface area contributed by atoms with E-state index in [9.17, 15) is 9.18 Å². The summed E-state index contributed by atoms with van der Waals surface area (Å²) in [5, 5.41) is 2.91. The zero-order valence-corrected chi connectivity index (χ0v) is 16.1. The molecule has 0 atom stereocenters. The second kappa shape index (κ2) is 8.78. The molecular weight excluding hydrogens is 367 g/mol. The first kappa shape index (κ1) is 19.0. The molecule has 0 fully saturated rings. The minimum atomic E-state index is -0.253. The Balaban J connectivity index is 1.42. The van der Waals surface area contributed by atoms with Crippen LogP contribution in [0.5, 0.6) is 5.75 Å². The monoisotopic (exact) mass is 390 g/mol. The van der Waals surface area contributed by atoms with Crippen molar-refractivity contribution in [3.05, 3.63) is 89.7 Å². The normalized spacial score (nSPS) is 13.3. The molecule has 0 spiro atoms. The molecule has 1 aliphatic heterocycles. The van der Waals surface area contributed by atoms with E-state index >= 15 is 0 Å². The van der Waals surface area contributed by atoms with Crippen LogP contribution in [0.3, 0.4) is 0 Å². The third-order valence-corrected chi connectivity index (χ3v) is 5.04. The van der Waals surface area contributed by atoms with E-state index in [1.807, 2.05) is 60.7 Å². The number of benzene rings is 3. The minimum Gasteiger partial charge on any atom is -0.489 e. The Morgan fingerprint density at radius 3 is 2.55 bits per heavy atom. The average Bonchev–Trinajstić information content (AvgIpc) is 2.98. The van der Waals surface area contributed by atoms with E-state index in [0.29, 0.717) is 36.5 Å². The maximum Gasteiger partial charge on any atom is 0.326 e. The van der Waals surface area contributed by atoms with E-state index in [1.54, 1.807) is 11.0 Å². The average molecular weight is 390 g/mol. The minimum absolute atomic E-state index is 0.248. The van der Waals surface area contributed by atoms with Crippen molar-refractivity contribution < 1.29 is 13.9 Å². The van der Waals surface area contributed by atoms with Gasteiger partial charge >= 0.3 is 6.03 Å². The van der Waals surface area contributed by atoms with Gasteiger partial charge in [-0.15, -0.1) is 0 Å². The molecule has 3 aromatic rings. The van der Waals surface area contributed by atoms with E-state index in [-0.39, 0.29) is 11.8 Å². The number of ether oxygens (including phenoxy) is 1. The third-order valence-electron chi connectivity index (χ3n) is 5.04. The van der Waals surface area contributed by atoms with Gasteiger partial charge < -0.3 is 10.1 Å². The molecule has 0 radical (unpaired) electrons. The molecule has 0 aromatic heterocycles. The molecule has 0 aliphatic carbocycles. The van der Waals surface area contributed by atoms with Gasteiger partial charge in [-0.1, -0.05) is 36.4 Å². The summed E-state index contributed by atoms with van der Waals surface area (Å²) in [7, 11) is 0. The van der Waals surface area contributed by atoms with Crippen molar-refractivity contribution in [1.82, 2.24) is 0 Å². The van der Waals surface area contributed by atoms with Gasteiger partial charge in [0.15, 0.2) is 0 Å². The van der Waals surface area contributed by atoms with Crippen LogP contribution in [0.1, 0.15) is 24.0 Å². The Morgan fingerprint density at radius 2 is 1.76 bits per heavy atom. The second-order valence-corrected chi connectivity index (χ2v) is 7.08. The Morgan fingerprint density at radius 1 is 0.966 bits per heavy atom. The van der Waals surface area contributed by atoms with Crippen molar-refractivity contribution in [2.75, 3.05) is 16.8 Å². The molecule has 0 saturated heterocycles. The van der Waals surface area contributed by atoms with Crippen LogP contribution in [0.25, 0.3) is 0 Å². The van der Waals surface area contributed by atoms with Crippen LogP contribution in [0.4, 0.5) is 20.6 Å². The fourth-order valence-corrected chi connectivity index (χ4v) is 3.52. The second-order valence-electron chi connectivity index (χ2n) is 7.08. The summed E-state index contributed by atoms with van der Waals surface area (Å²) in [6.45, 7) is 1.06. The number of rotatable bonds is 4. The van der Waals surface area contributed by atoms with Crippen molar-refractivity contribution in [3.63, 3.8) is 0 Å². The molecule has 4 rings (SSSR count). The van der Waals surface area contributed by atoms with Gasteiger partial charge in [-0.05, 0) is 61.2 Å². The first-order chi connectivity index (χ1) is 14.2. The fourth-order valence-electron chi connectivity index (χ4n) is 3.52. The van der Waals surface area contributed by atoms with Crippen molar-refractivity contribution in [2.24, 2.45) is 0 Å². The van der Waals surface area contributed by atoms with Crippen molar-refractivity contribution in [2.45, 2.75) is 25.9 Å². The molecule has 3 aromatic carbocycles. The number of hydrogen-bond donors (Lipinski definition) is 1. The Hall–Kier alpha value is -3.34. The van der Waals surface area contributed by atoms with Gasteiger partial charge in [0.2, 0.25) is 0 Å². The van der Waals surface area contributed by atoms with E-state index in [2.05, 4.69) is 5.32 Å². The molecule has 29 heavy (non-hydrogen) atoms. The Bertz CT molecular complexity index is 974. The van der Waals surface area contributed by atoms with Crippen LogP contribution in [-0.2, 0) is 13.0 Å². The van der Waals surface area contributed by atoms with Gasteiger partial charge in [-0.2, -0.15) is 0 Å². The molecule has 1 N–H and O–H groups in total. The highest BCUT2D eigenvalue weighted by Crippen LogP contribution is 2.29. The van der Waals surface area contributed by atoms with Crippen molar-refractivity contribution in [3.8, 4) is 5.75 Å². The zero-order chi connectivity index (χ0) is 20.1. The van der Waals surface area contributed by atoms with Crippen molar-refractivity contribution in [1.29, 1.82) is 0 Å². The molecule has 1 heterocycles. The summed E-state index contributed by atoms with van der Waals surface area (Å²) in [6.07, 6.45) is 2.36. The predicted octanol–water partition coefficient (Wildman–Crippen LogP) is 5.78. The van der Waals surface area contributed by atoms with E-state index in [1.165, 1.54) is 6.07 Å². The number of nitrogens with one attached hydrogen (secondary N) is 1. The van der Waals surface area contributed by atoms with Gasteiger partial charge in [0.1, 0.15) is 18.2 Å². The zero-order valence-electron chi connectivity index (χ0n) is 16.1. The lowest BCUT2D eigenvalue weighted by Crippen LogP contribution is -2.35. The van der Waals surface area contributed by atoms with Crippen LogP contribution in [0, 0.1) is 5.82 Å². The Labute approximate surface area is 169 Å². The molecule has 0 bridgehead atoms. The quantitative estimate of drug-likeness (QED) is 0.614. The lowest BCUT2D eigenvalue weighted by molar-refractivity contribution is 0.257. The summed E-state index contributed by atoms with van der Waals surface area (Å²) in [5.41, 5.74) is 3.04. The lowest BCUT2D eigenvalue weighted by atomic mass is 10.1. The molecule has 4 nitrogen and oxygen atoms in total. The highest BCUT2D eigenvalue weighted by Gasteiger charge is 2.23. The van der Waals surface area contributed by atoms with Gasteiger partial charge in [-0.25, -0.2) is 9.18 Å². The third kappa shape index (κ3) is 4.57. The number of hydrogen-bond acceptors (Lipinski definition) is 2. The molecule has 2 amide bonds. The summed E-state index contributed by atoms with van der Waals surface area (Å²) >= 11 is 0. The molecule has 0 unspecified atom stereocenters. The fraction of sp³-hybridized carbons (Fsp3) is 0.208. The molecule has 0 saturated carbocycles. The van der Waals surface area contributed by atoms with Crippen LogP contribution in [0.2, 0.25) is 0 Å². The smallest absolute Gasteiger partial charge is 0.326 e. The summed E-state index contributed by atoms with van der Waals surface area (Å²) in [5.74, 6) is 0.483. The first-order valence-corrected chi connectivity index (χ1v) is 9.83. The predicted molar refractivity (Wildman–Crippen MR) is 113 cm³/mol. The highest BCUT2D eigenvalue weighted by atomic mass is 19.1. The lowest BCUT2D eigenvalue weighted by Gasteiger charge is -2.23. The standard InChI is InChI=1S/C24H23FN2O2/c25-22-10-6-11-23-21(22)9-4-5-16-27(23)24(28)26-19-12-14-20(15-13-19)29-17-18-7-2-1-3-8-18/h1-3,6-8,10-15H,4-5,9,16-17H2,(H,26,28). The molecular formula is C24H23FN2O2. The number of nitrogens with zero attached hydrogens (tertiary/aromatic N) is 1. The molecule has 148 valence electrons. The number of urea groups is 1. The van der Waals surface area contributed by atoms with Crippen molar-refractivity contribution >= 4 is 17.4 Å². The van der Waals surface area contributed by atoms with Gasteiger partial charge in [0.05, 0.1) is 5.69 Å². The van der Waals surface area contributed by atoms with Crippen LogP contribution in [-0.4, -0.2) is 12.6 Å². The van der Waals surface area contributed by atoms with Crippen LogP contribution in [0.15, 0.2) is 72.8 Å². The number of anilines is 2.